The summed E-state index contributed by atoms with van der Waals surface area (Å²) in [6.45, 7) is 7.50. The van der Waals surface area contributed by atoms with Crippen molar-refractivity contribution in [3.63, 3.8) is 0 Å². The van der Waals surface area contributed by atoms with Gasteiger partial charge in [0.1, 0.15) is 0 Å². The van der Waals surface area contributed by atoms with Crippen LogP contribution in [0.15, 0.2) is 36.6 Å². The third kappa shape index (κ3) is 5.81. The Morgan fingerprint density at radius 1 is 1.54 bits per heavy atom. The zero-order valence-electron chi connectivity index (χ0n) is 7.66. The Balaban J connectivity index is 3.90. The molecule has 0 atom stereocenters. The Kier molecular flexibility index (Phi) is 5.47. The molecular formula is C9H13NO3. The third-order valence-electron chi connectivity index (χ3n) is 1.37. The topological polar surface area (TPSA) is 52.4 Å². The molecule has 0 rings (SSSR count). The lowest BCUT2D eigenvalue weighted by Crippen LogP contribution is -1.93. The molecule has 0 amide bonds. The van der Waals surface area contributed by atoms with E-state index in [2.05, 4.69) is 13.2 Å². The lowest BCUT2D eigenvalue weighted by molar-refractivity contribution is -0.418. The van der Waals surface area contributed by atoms with Crippen LogP contribution in [0.5, 0.6) is 0 Å². The molecule has 0 aliphatic carbocycles. The Morgan fingerprint density at radius 2 is 2.15 bits per heavy atom. The highest BCUT2D eigenvalue weighted by atomic mass is 16.6. The van der Waals surface area contributed by atoms with Crippen LogP contribution in [0.1, 0.15) is 6.42 Å². The molecule has 4 heteroatoms. The van der Waals surface area contributed by atoms with Crippen molar-refractivity contribution >= 4 is 0 Å². The molecule has 0 saturated carbocycles. The first-order valence-electron chi connectivity index (χ1n) is 3.76. The predicted molar refractivity (Wildman–Crippen MR) is 50.9 cm³/mol. The monoisotopic (exact) mass is 183 g/mol. The average Bonchev–Trinajstić information content (AvgIpc) is 2.10. The van der Waals surface area contributed by atoms with Crippen LogP contribution < -0.4 is 0 Å². The maximum Gasteiger partial charge on any atom is 0.262 e. The van der Waals surface area contributed by atoms with Crippen molar-refractivity contribution in [2.45, 2.75) is 6.42 Å². The normalized spacial score (nSPS) is 10.2. The van der Waals surface area contributed by atoms with Gasteiger partial charge in [-0.1, -0.05) is 18.2 Å². The quantitative estimate of drug-likeness (QED) is 0.359. The molecule has 0 unspecified atom stereocenters. The Morgan fingerprint density at radius 3 is 2.62 bits per heavy atom. The van der Waals surface area contributed by atoms with E-state index >= 15 is 0 Å². The van der Waals surface area contributed by atoms with E-state index in [0.29, 0.717) is 13.0 Å². The van der Waals surface area contributed by atoms with E-state index in [1.807, 2.05) is 0 Å². The van der Waals surface area contributed by atoms with E-state index in [-0.39, 0.29) is 5.70 Å². The summed E-state index contributed by atoms with van der Waals surface area (Å²) in [6, 6.07) is 0. The van der Waals surface area contributed by atoms with Gasteiger partial charge in [0.2, 0.25) is 0 Å². The molecule has 0 aliphatic heterocycles. The Labute approximate surface area is 77.4 Å². The molecule has 0 aromatic carbocycles. The van der Waals surface area contributed by atoms with Crippen molar-refractivity contribution < 1.29 is 9.66 Å². The average molecular weight is 183 g/mol. The standard InChI is InChI=1S/C9H13NO3/c1-8(6-7-13-3)4-5-9(2)10(11)12/h4-5H,1-2,6-7H2,3H3/b5-4-. The number of nitrogens with zero attached hydrogens (tertiary/aromatic N) is 1. The molecule has 0 bridgehead atoms. The highest BCUT2D eigenvalue weighted by Gasteiger charge is 1.99. The molecule has 0 heterocycles. The summed E-state index contributed by atoms with van der Waals surface area (Å²) in [4.78, 5) is 9.58. The first-order chi connectivity index (χ1) is 6.07. The van der Waals surface area contributed by atoms with Crippen LogP contribution in [0.3, 0.4) is 0 Å². The summed E-state index contributed by atoms with van der Waals surface area (Å²) < 4.78 is 4.82. The second kappa shape index (κ2) is 6.14. The van der Waals surface area contributed by atoms with E-state index in [9.17, 15) is 10.1 Å². The third-order valence-corrected chi connectivity index (χ3v) is 1.37. The molecule has 0 radical (unpaired) electrons. The zero-order valence-corrected chi connectivity index (χ0v) is 7.66. The van der Waals surface area contributed by atoms with Crippen LogP contribution in [0, 0.1) is 10.1 Å². The number of nitro groups is 1. The Bertz CT molecular complexity index is 243. The minimum Gasteiger partial charge on any atom is -0.384 e. The van der Waals surface area contributed by atoms with Gasteiger partial charge in [-0.05, 0) is 13.0 Å². The van der Waals surface area contributed by atoms with Crippen LogP contribution >= 0.6 is 0 Å². The van der Waals surface area contributed by atoms with E-state index in [4.69, 9.17) is 4.74 Å². The smallest absolute Gasteiger partial charge is 0.262 e. The number of allylic oxidation sites excluding steroid dienone is 2. The molecule has 0 N–H and O–H groups in total. The molecule has 0 aromatic rings. The lowest BCUT2D eigenvalue weighted by Gasteiger charge is -1.97. The first kappa shape index (κ1) is 11.6. The summed E-state index contributed by atoms with van der Waals surface area (Å²) in [6.07, 6.45) is 3.57. The number of methoxy groups -OCH3 is 1. The molecule has 0 fully saturated rings. The number of ether oxygens (including phenoxy) is 1. The van der Waals surface area contributed by atoms with Crippen LogP contribution in [-0.4, -0.2) is 18.6 Å². The fourth-order valence-corrected chi connectivity index (χ4v) is 0.591. The van der Waals surface area contributed by atoms with Gasteiger partial charge in [0, 0.05) is 13.2 Å². The maximum atomic E-state index is 10.1. The van der Waals surface area contributed by atoms with Gasteiger partial charge in [-0.25, -0.2) is 0 Å². The van der Waals surface area contributed by atoms with Crippen LogP contribution in [0.2, 0.25) is 0 Å². The first-order valence-corrected chi connectivity index (χ1v) is 3.76. The van der Waals surface area contributed by atoms with Gasteiger partial charge in [-0.2, -0.15) is 0 Å². The van der Waals surface area contributed by atoms with Crippen LogP contribution in [0.4, 0.5) is 0 Å². The molecule has 0 aliphatic rings. The molecule has 72 valence electrons. The van der Waals surface area contributed by atoms with E-state index in [1.54, 1.807) is 13.2 Å². The fraction of sp³-hybridized carbons (Fsp3) is 0.333. The van der Waals surface area contributed by atoms with Gasteiger partial charge in [0.05, 0.1) is 11.5 Å². The van der Waals surface area contributed by atoms with Crippen molar-refractivity contribution in [1.82, 2.24) is 0 Å². The molecular weight excluding hydrogens is 170 g/mol. The van der Waals surface area contributed by atoms with Crippen molar-refractivity contribution in [2.24, 2.45) is 0 Å². The summed E-state index contributed by atoms with van der Waals surface area (Å²) >= 11 is 0. The highest BCUT2D eigenvalue weighted by Crippen LogP contribution is 2.02. The zero-order chi connectivity index (χ0) is 10.3. The van der Waals surface area contributed by atoms with Gasteiger partial charge in [0.25, 0.3) is 5.70 Å². The summed E-state index contributed by atoms with van der Waals surface area (Å²) in [5, 5.41) is 10.1. The lowest BCUT2D eigenvalue weighted by atomic mass is 10.2. The van der Waals surface area contributed by atoms with Crippen molar-refractivity contribution in [3.8, 4) is 0 Å². The summed E-state index contributed by atoms with van der Waals surface area (Å²) in [5.74, 6) is 0. The van der Waals surface area contributed by atoms with E-state index < -0.39 is 4.92 Å². The minimum absolute atomic E-state index is 0.140. The van der Waals surface area contributed by atoms with Crippen LogP contribution in [-0.2, 0) is 4.74 Å². The fourth-order valence-electron chi connectivity index (χ4n) is 0.591. The van der Waals surface area contributed by atoms with Crippen molar-refractivity contribution in [1.29, 1.82) is 0 Å². The second-order valence-corrected chi connectivity index (χ2v) is 2.48. The number of rotatable bonds is 6. The molecule has 4 nitrogen and oxygen atoms in total. The highest BCUT2D eigenvalue weighted by molar-refractivity contribution is 5.20. The molecule has 0 spiro atoms. The number of hydrogen-bond donors (Lipinski definition) is 0. The molecule has 13 heavy (non-hydrogen) atoms. The number of hydrogen-bond acceptors (Lipinski definition) is 3. The molecule has 0 aromatic heterocycles. The van der Waals surface area contributed by atoms with Gasteiger partial charge >= 0.3 is 0 Å². The largest absolute Gasteiger partial charge is 0.384 e. The van der Waals surface area contributed by atoms with E-state index in [0.717, 1.165) is 5.57 Å². The summed E-state index contributed by atoms with van der Waals surface area (Å²) in [5.41, 5.74) is 0.642. The van der Waals surface area contributed by atoms with Gasteiger partial charge in [-0.15, -0.1) is 0 Å². The molecule has 0 saturated heterocycles. The van der Waals surface area contributed by atoms with Crippen LogP contribution in [0.25, 0.3) is 0 Å². The van der Waals surface area contributed by atoms with Gasteiger partial charge in [0.15, 0.2) is 0 Å². The van der Waals surface area contributed by atoms with Crippen molar-refractivity contribution in [3.05, 3.63) is 46.7 Å². The minimum atomic E-state index is -0.542. The SMILES string of the molecule is C=C(/C=C\C(=C)[N+](=O)[O-])CCOC. The van der Waals surface area contributed by atoms with Gasteiger partial charge < -0.3 is 4.74 Å². The summed E-state index contributed by atoms with van der Waals surface area (Å²) in [7, 11) is 1.59. The maximum absolute atomic E-state index is 10.1. The van der Waals surface area contributed by atoms with E-state index in [1.165, 1.54) is 6.08 Å². The second-order valence-electron chi connectivity index (χ2n) is 2.48. The van der Waals surface area contributed by atoms with Crippen molar-refractivity contribution in [2.75, 3.05) is 13.7 Å². The Hall–Kier alpha value is -1.42. The predicted octanol–water partition coefficient (Wildman–Crippen LogP) is 1.93. The van der Waals surface area contributed by atoms with Gasteiger partial charge in [-0.3, -0.25) is 10.1 Å².